The van der Waals surface area contributed by atoms with Gasteiger partial charge in [-0.3, -0.25) is 9.59 Å². The quantitative estimate of drug-likeness (QED) is 0.182. The lowest BCUT2D eigenvalue weighted by atomic mass is 10.2. The predicted octanol–water partition coefficient (Wildman–Crippen LogP) is 1.35. The van der Waals surface area contributed by atoms with E-state index in [9.17, 15) is 9.59 Å². The van der Waals surface area contributed by atoms with Crippen LogP contribution in [-0.4, -0.2) is 78.5 Å². The molecule has 0 saturated heterocycles. The van der Waals surface area contributed by atoms with E-state index in [1.54, 1.807) is 0 Å². The van der Waals surface area contributed by atoms with Gasteiger partial charge in [0.2, 0.25) is 0 Å². The molecule has 0 aromatic carbocycles. The van der Waals surface area contributed by atoms with Gasteiger partial charge < -0.3 is 28.4 Å². The summed E-state index contributed by atoms with van der Waals surface area (Å²) >= 11 is 0. The molecule has 0 aliphatic carbocycles. The molecule has 0 aliphatic heterocycles. The van der Waals surface area contributed by atoms with Crippen molar-refractivity contribution in [3.05, 3.63) is 0 Å². The largest absolute Gasteiger partial charge is 0.468 e. The van der Waals surface area contributed by atoms with Crippen LogP contribution in [0.25, 0.3) is 0 Å². The Morgan fingerprint density at radius 2 is 1.24 bits per heavy atom. The minimum absolute atomic E-state index is 0.227. The molecule has 25 heavy (non-hydrogen) atoms. The highest BCUT2D eigenvalue weighted by molar-refractivity contribution is 5.69. The Labute approximate surface area is 150 Å². The minimum atomic E-state index is -0.272. The Hall–Kier alpha value is -1.22. The maximum atomic E-state index is 11.4. The average Bonchev–Trinajstić information content (AvgIpc) is 2.62. The summed E-state index contributed by atoms with van der Waals surface area (Å²) in [6.45, 7) is 7.29. The lowest BCUT2D eigenvalue weighted by Gasteiger charge is -2.08. The molecule has 0 aromatic rings. The molecular formula is C17H32O8. The third-order valence-electron chi connectivity index (χ3n) is 2.92. The highest BCUT2D eigenvalue weighted by Crippen LogP contribution is 1.98. The van der Waals surface area contributed by atoms with Gasteiger partial charge in [0.1, 0.15) is 6.61 Å². The zero-order chi connectivity index (χ0) is 18.4. The third-order valence-corrected chi connectivity index (χ3v) is 2.92. The zero-order valence-corrected chi connectivity index (χ0v) is 15.2. The smallest absolute Gasteiger partial charge is 0.305 e. The molecule has 0 radical (unpaired) electrons. The summed E-state index contributed by atoms with van der Waals surface area (Å²) in [5, 5.41) is 0. The van der Waals surface area contributed by atoms with Gasteiger partial charge in [-0.25, -0.2) is 0 Å². The summed E-state index contributed by atoms with van der Waals surface area (Å²) in [4.78, 5) is 21.3. The predicted molar refractivity (Wildman–Crippen MR) is 90.4 cm³/mol. The van der Waals surface area contributed by atoms with Crippen LogP contribution in [0.1, 0.15) is 32.6 Å². The summed E-state index contributed by atoms with van der Waals surface area (Å²) in [6.07, 6.45) is 2.61. The fourth-order valence-electron chi connectivity index (χ4n) is 1.70. The van der Waals surface area contributed by atoms with Crippen LogP contribution in [0.5, 0.6) is 0 Å². The first-order valence-corrected chi connectivity index (χ1v) is 8.83. The van der Waals surface area contributed by atoms with Gasteiger partial charge >= 0.3 is 5.97 Å². The van der Waals surface area contributed by atoms with Crippen LogP contribution >= 0.6 is 0 Å². The number of carbonyl (C=O) groups excluding carboxylic acids is 2. The highest BCUT2D eigenvalue weighted by Gasteiger charge is 2.02. The minimum Gasteiger partial charge on any atom is -0.468 e. The van der Waals surface area contributed by atoms with E-state index in [2.05, 4.69) is 11.7 Å². The van der Waals surface area contributed by atoms with Gasteiger partial charge in [0, 0.05) is 13.0 Å². The Morgan fingerprint density at radius 1 is 0.720 bits per heavy atom. The van der Waals surface area contributed by atoms with Gasteiger partial charge in [0.05, 0.1) is 52.9 Å². The zero-order valence-electron chi connectivity index (χ0n) is 15.2. The van der Waals surface area contributed by atoms with Crippen LogP contribution < -0.4 is 0 Å². The number of unbranched alkanes of at least 4 members (excludes halogenated alkanes) is 1. The monoisotopic (exact) mass is 364 g/mol. The van der Waals surface area contributed by atoms with Gasteiger partial charge in [-0.2, -0.15) is 0 Å². The first-order valence-electron chi connectivity index (χ1n) is 8.83. The van der Waals surface area contributed by atoms with Crippen LogP contribution in [-0.2, 0) is 38.0 Å². The number of hydrogen-bond donors (Lipinski definition) is 0. The summed E-state index contributed by atoms with van der Waals surface area (Å²) in [5.74, 6) is -0.272. The van der Waals surface area contributed by atoms with Crippen molar-refractivity contribution in [2.45, 2.75) is 32.6 Å². The summed E-state index contributed by atoms with van der Waals surface area (Å²) < 4.78 is 30.8. The molecule has 0 spiro atoms. The Balaban J connectivity index is 3.10. The molecule has 0 aromatic heterocycles. The van der Waals surface area contributed by atoms with E-state index in [4.69, 9.17) is 23.7 Å². The van der Waals surface area contributed by atoms with Crippen molar-refractivity contribution >= 4 is 12.4 Å². The van der Waals surface area contributed by atoms with Gasteiger partial charge in [-0.15, -0.1) is 0 Å². The summed E-state index contributed by atoms with van der Waals surface area (Å²) in [7, 11) is 0. The number of rotatable bonds is 20. The van der Waals surface area contributed by atoms with E-state index < -0.39 is 0 Å². The van der Waals surface area contributed by atoms with Gasteiger partial charge in [0.15, 0.2) is 0 Å². The maximum absolute atomic E-state index is 11.4. The fourth-order valence-corrected chi connectivity index (χ4v) is 1.70. The molecule has 8 heteroatoms. The van der Waals surface area contributed by atoms with Gasteiger partial charge in [0.25, 0.3) is 6.47 Å². The normalized spacial score (nSPS) is 10.6. The first-order chi connectivity index (χ1) is 12.3. The van der Waals surface area contributed by atoms with E-state index in [-0.39, 0.29) is 12.6 Å². The van der Waals surface area contributed by atoms with E-state index in [0.717, 1.165) is 13.0 Å². The highest BCUT2D eigenvalue weighted by atomic mass is 16.6. The molecule has 0 heterocycles. The maximum Gasteiger partial charge on any atom is 0.305 e. The topological polar surface area (TPSA) is 89.5 Å². The molecule has 148 valence electrons. The van der Waals surface area contributed by atoms with Crippen LogP contribution in [0, 0.1) is 0 Å². The number of carbonyl (C=O) groups is 2. The Bertz CT molecular complexity index is 298. The average molecular weight is 364 g/mol. The second-order valence-corrected chi connectivity index (χ2v) is 5.09. The molecule has 0 atom stereocenters. The number of hydrogen-bond acceptors (Lipinski definition) is 8. The van der Waals surface area contributed by atoms with Crippen LogP contribution in [0.4, 0.5) is 0 Å². The van der Waals surface area contributed by atoms with E-state index >= 15 is 0 Å². The molecule has 0 rings (SSSR count). The molecular weight excluding hydrogens is 332 g/mol. The van der Waals surface area contributed by atoms with Crippen LogP contribution in [0.3, 0.4) is 0 Å². The van der Waals surface area contributed by atoms with E-state index in [1.807, 2.05) is 0 Å². The lowest BCUT2D eigenvalue weighted by molar-refractivity contribution is -0.145. The molecule has 0 N–H and O–H groups in total. The second kappa shape index (κ2) is 20.8. The van der Waals surface area contributed by atoms with Crippen molar-refractivity contribution in [1.82, 2.24) is 0 Å². The van der Waals surface area contributed by atoms with Crippen molar-refractivity contribution in [3.8, 4) is 0 Å². The fraction of sp³-hybridized carbons (Fsp3) is 0.882. The van der Waals surface area contributed by atoms with E-state index in [0.29, 0.717) is 78.6 Å². The van der Waals surface area contributed by atoms with Gasteiger partial charge in [-0.1, -0.05) is 6.92 Å². The molecule has 8 nitrogen and oxygen atoms in total. The third kappa shape index (κ3) is 20.7. The standard InChI is InChI=1S/C17H32O8/c1-2-6-20-8-9-21-10-11-22-12-13-23-14-15-25-17(19)5-3-4-7-24-16-18/h16H,2-15H2,1H3. The van der Waals surface area contributed by atoms with Crippen molar-refractivity contribution in [2.75, 3.05) is 66.1 Å². The molecule has 0 unspecified atom stereocenters. The van der Waals surface area contributed by atoms with Gasteiger partial charge in [-0.05, 0) is 19.3 Å². The molecule has 0 saturated carbocycles. The lowest BCUT2D eigenvalue weighted by Crippen LogP contribution is -2.14. The molecule has 0 fully saturated rings. The SMILES string of the molecule is CCCOCCOCCOCCOCCOC(=O)CCCCOC=O. The Morgan fingerprint density at radius 3 is 1.76 bits per heavy atom. The van der Waals surface area contributed by atoms with Crippen LogP contribution in [0.15, 0.2) is 0 Å². The van der Waals surface area contributed by atoms with Crippen molar-refractivity contribution < 1.29 is 38.0 Å². The molecule has 0 amide bonds. The van der Waals surface area contributed by atoms with Crippen molar-refractivity contribution in [3.63, 3.8) is 0 Å². The summed E-state index contributed by atoms with van der Waals surface area (Å²) in [6, 6.07) is 0. The Kier molecular flexibility index (Phi) is 19.8. The number of ether oxygens (including phenoxy) is 6. The summed E-state index contributed by atoms with van der Waals surface area (Å²) in [5.41, 5.74) is 0. The van der Waals surface area contributed by atoms with E-state index in [1.165, 1.54) is 0 Å². The number of esters is 1. The second-order valence-electron chi connectivity index (χ2n) is 5.09. The van der Waals surface area contributed by atoms with Crippen LogP contribution in [0.2, 0.25) is 0 Å². The molecule has 0 bridgehead atoms. The first kappa shape index (κ1) is 23.8. The van der Waals surface area contributed by atoms with Crippen molar-refractivity contribution in [2.24, 2.45) is 0 Å². The molecule has 0 aliphatic rings. The van der Waals surface area contributed by atoms with Crippen molar-refractivity contribution in [1.29, 1.82) is 0 Å².